The summed E-state index contributed by atoms with van der Waals surface area (Å²) in [4.78, 5) is 0.262. The Labute approximate surface area is 107 Å². The normalized spacial score (nSPS) is 21.7. The van der Waals surface area contributed by atoms with Gasteiger partial charge in [-0.25, -0.2) is 8.42 Å². The number of hydrogen-bond donors (Lipinski definition) is 2. The molecule has 0 saturated carbocycles. The van der Waals surface area contributed by atoms with E-state index in [1.54, 1.807) is 30.3 Å². The number of nitrogens with zero attached hydrogens (tertiary/aromatic N) is 1. The molecule has 0 radical (unpaired) electrons. The van der Waals surface area contributed by atoms with Crippen molar-refractivity contribution in [2.24, 2.45) is 5.73 Å². The van der Waals surface area contributed by atoms with E-state index in [4.69, 9.17) is 11.1 Å². The van der Waals surface area contributed by atoms with Gasteiger partial charge in [0.1, 0.15) is 5.84 Å². The summed E-state index contributed by atoms with van der Waals surface area (Å²) in [6, 6.07) is 7.81. The summed E-state index contributed by atoms with van der Waals surface area (Å²) >= 11 is 0. The fraction of sp³-hybridized carbons (Fsp3) is 0.417. The zero-order chi connectivity index (χ0) is 13.2. The first-order valence-corrected chi connectivity index (χ1v) is 7.38. The molecular weight excluding hydrogens is 250 g/mol. The summed E-state index contributed by atoms with van der Waals surface area (Å²) in [7, 11) is -3.54. The molecule has 1 aromatic carbocycles. The third-order valence-corrected chi connectivity index (χ3v) is 5.08. The maximum absolute atomic E-state index is 12.5. The molecule has 0 aliphatic carbocycles. The molecule has 18 heavy (non-hydrogen) atoms. The van der Waals surface area contributed by atoms with Gasteiger partial charge in [-0.3, -0.25) is 5.41 Å². The zero-order valence-corrected chi connectivity index (χ0v) is 10.9. The molecule has 98 valence electrons. The highest BCUT2D eigenvalue weighted by Crippen LogP contribution is 2.24. The minimum absolute atomic E-state index is 0.0748. The molecule has 0 spiro atoms. The highest BCUT2D eigenvalue weighted by atomic mass is 32.2. The lowest BCUT2D eigenvalue weighted by Crippen LogP contribution is -2.50. The van der Waals surface area contributed by atoms with Crippen LogP contribution in [0.15, 0.2) is 35.2 Å². The van der Waals surface area contributed by atoms with Crippen LogP contribution < -0.4 is 5.73 Å². The van der Waals surface area contributed by atoms with Crippen LogP contribution >= 0.6 is 0 Å². The predicted octanol–water partition coefficient (Wildman–Crippen LogP) is 1.17. The monoisotopic (exact) mass is 267 g/mol. The van der Waals surface area contributed by atoms with Crippen LogP contribution in [0.3, 0.4) is 0 Å². The highest BCUT2D eigenvalue weighted by Gasteiger charge is 2.34. The Balaban J connectivity index is 2.36. The maximum Gasteiger partial charge on any atom is 0.243 e. The van der Waals surface area contributed by atoms with Gasteiger partial charge in [0.2, 0.25) is 10.0 Å². The fourth-order valence-electron chi connectivity index (χ4n) is 2.23. The van der Waals surface area contributed by atoms with E-state index in [1.165, 1.54) is 4.31 Å². The first-order valence-electron chi connectivity index (χ1n) is 5.94. The van der Waals surface area contributed by atoms with E-state index in [-0.39, 0.29) is 10.7 Å². The van der Waals surface area contributed by atoms with E-state index in [0.717, 1.165) is 12.8 Å². The van der Waals surface area contributed by atoms with Crippen LogP contribution in [0.2, 0.25) is 0 Å². The molecule has 1 aliphatic heterocycles. The van der Waals surface area contributed by atoms with Gasteiger partial charge in [-0.05, 0) is 25.0 Å². The van der Waals surface area contributed by atoms with E-state index in [1.807, 2.05) is 0 Å². The topological polar surface area (TPSA) is 87.2 Å². The van der Waals surface area contributed by atoms with Gasteiger partial charge in [0, 0.05) is 6.54 Å². The Hall–Kier alpha value is -1.40. The van der Waals surface area contributed by atoms with Crippen LogP contribution in [-0.4, -0.2) is 31.1 Å². The standard InChI is InChI=1S/C12H17N3O2S/c13-12(14)11-8-4-5-9-15(11)18(16,17)10-6-2-1-3-7-10/h1-3,6-7,11H,4-5,8-9H2,(H3,13,14). The van der Waals surface area contributed by atoms with E-state index >= 15 is 0 Å². The quantitative estimate of drug-likeness (QED) is 0.636. The average Bonchev–Trinajstić information content (AvgIpc) is 2.39. The third-order valence-electron chi connectivity index (χ3n) is 3.16. The second-order valence-corrected chi connectivity index (χ2v) is 6.29. The summed E-state index contributed by atoms with van der Waals surface area (Å²) in [5.74, 6) is -0.0748. The van der Waals surface area contributed by atoms with Crippen LogP contribution in [0, 0.1) is 5.41 Å². The Morgan fingerprint density at radius 2 is 1.94 bits per heavy atom. The van der Waals surface area contributed by atoms with Crippen molar-refractivity contribution in [3.05, 3.63) is 30.3 Å². The number of benzene rings is 1. The van der Waals surface area contributed by atoms with Crippen LogP contribution in [0.4, 0.5) is 0 Å². The van der Waals surface area contributed by atoms with Crippen molar-refractivity contribution in [3.63, 3.8) is 0 Å². The number of rotatable bonds is 3. The Morgan fingerprint density at radius 1 is 1.28 bits per heavy atom. The number of piperidine rings is 1. The lowest BCUT2D eigenvalue weighted by molar-refractivity contribution is 0.303. The van der Waals surface area contributed by atoms with E-state index in [0.29, 0.717) is 13.0 Å². The van der Waals surface area contributed by atoms with Gasteiger partial charge in [0.25, 0.3) is 0 Å². The largest absolute Gasteiger partial charge is 0.386 e. The SMILES string of the molecule is N=C(N)C1CCCCN1S(=O)(=O)c1ccccc1. The van der Waals surface area contributed by atoms with E-state index in [9.17, 15) is 8.42 Å². The number of nitrogens with two attached hydrogens (primary N) is 1. The van der Waals surface area contributed by atoms with Gasteiger partial charge in [0.05, 0.1) is 10.9 Å². The molecule has 3 N–H and O–H groups in total. The molecule has 0 amide bonds. The molecule has 1 fully saturated rings. The number of nitrogens with one attached hydrogen (secondary N) is 1. The molecule has 1 unspecified atom stereocenters. The molecule has 6 heteroatoms. The van der Waals surface area contributed by atoms with Crippen molar-refractivity contribution in [2.45, 2.75) is 30.2 Å². The van der Waals surface area contributed by atoms with Crippen LogP contribution in [0.5, 0.6) is 0 Å². The molecule has 1 atom stereocenters. The van der Waals surface area contributed by atoms with Crippen LogP contribution in [0.1, 0.15) is 19.3 Å². The smallest absolute Gasteiger partial charge is 0.243 e. The van der Waals surface area contributed by atoms with Crippen molar-refractivity contribution < 1.29 is 8.42 Å². The van der Waals surface area contributed by atoms with E-state index in [2.05, 4.69) is 0 Å². The Bertz CT molecular complexity index is 528. The van der Waals surface area contributed by atoms with Crippen LogP contribution in [0.25, 0.3) is 0 Å². The van der Waals surface area contributed by atoms with Gasteiger partial charge in [-0.2, -0.15) is 4.31 Å². The number of sulfonamides is 1. The summed E-state index contributed by atoms with van der Waals surface area (Å²) < 4.78 is 26.3. The molecule has 1 heterocycles. The zero-order valence-electron chi connectivity index (χ0n) is 10.0. The molecule has 0 aromatic heterocycles. The lowest BCUT2D eigenvalue weighted by Gasteiger charge is -2.33. The first kappa shape index (κ1) is 13.0. The third kappa shape index (κ3) is 2.39. The van der Waals surface area contributed by atoms with E-state index < -0.39 is 16.1 Å². The number of amidine groups is 1. The molecule has 1 aliphatic rings. The molecule has 1 aromatic rings. The van der Waals surface area contributed by atoms with Crippen molar-refractivity contribution >= 4 is 15.9 Å². The lowest BCUT2D eigenvalue weighted by atomic mass is 10.0. The maximum atomic E-state index is 12.5. The van der Waals surface area contributed by atoms with Gasteiger partial charge in [0.15, 0.2) is 0 Å². The molecule has 0 bridgehead atoms. The fourth-order valence-corrected chi connectivity index (χ4v) is 3.93. The predicted molar refractivity (Wildman–Crippen MR) is 69.9 cm³/mol. The average molecular weight is 267 g/mol. The molecule has 1 saturated heterocycles. The molecule has 5 nitrogen and oxygen atoms in total. The van der Waals surface area contributed by atoms with Gasteiger partial charge in [-0.1, -0.05) is 24.6 Å². The minimum atomic E-state index is -3.54. The first-order chi connectivity index (χ1) is 8.53. The highest BCUT2D eigenvalue weighted by molar-refractivity contribution is 7.89. The summed E-state index contributed by atoms with van der Waals surface area (Å²) in [6.45, 7) is 0.432. The molecule has 2 rings (SSSR count). The van der Waals surface area contributed by atoms with Crippen molar-refractivity contribution in [1.82, 2.24) is 4.31 Å². The van der Waals surface area contributed by atoms with Crippen molar-refractivity contribution in [3.8, 4) is 0 Å². The Kier molecular flexibility index (Phi) is 3.68. The second-order valence-electron chi connectivity index (χ2n) is 4.40. The summed E-state index contributed by atoms with van der Waals surface area (Å²) in [5, 5.41) is 7.53. The van der Waals surface area contributed by atoms with Gasteiger partial charge < -0.3 is 5.73 Å². The molecular formula is C12H17N3O2S. The van der Waals surface area contributed by atoms with Crippen molar-refractivity contribution in [1.29, 1.82) is 5.41 Å². The Morgan fingerprint density at radius 3 is 2.56 bits per heavy atom. The summed E-state index contributed by atoms with van der Waals surface area (Å²) in [5.41, 5.74) is 5.51. The van der Waals surface area contributed by atoms with Crippen LogP contribution in [-0.2, 0) is 10.0 Å². The van der Waals surface area contributed by atoms with Crippen molar-refractivity contribution in [2.75, 3.05) is 6.54 Å². The number of hydrogen-bond acceptors (Lipinski definition) is 3. The minimum Gasteiger partial charge on any atom is -0.386 e. The van der Waals surface area contributed by atoms with Gasteiger partial charge >= 0.3 is 0 Å². The summed E-state index contributed by atoms with van der Waals surface area (Å²) in [6.07, 6.45) is 2.35. The second kappa shape index (κ2) is 5.07. The van der Waals surface area contributed by atoms with Gasteiger partial charge in [-0.15, -0.1) is 0 Å².